The molecule has 2 aromatic rings. The van der Waals surface area contributed by atoms with Crippen LogP contribution in [0.5, 0.6) is 5.75 Å². The van der Waals surface area contributed by atoms with E-state index in [0.29, 0.717) is 17.2 Å². The summed E-state index contributed by atoms with van der Waals surface area (Å²) in [6.45, 7) is 4.18. The maximum atomic E-state index is 11.4. The van der Waals surface area contributed by atoms with Gasteiger partial charge in [0.15, 0.2) is 0 Å². The van der Waals surface area contributed by atoms with E-state index in [1.807, 2.05) is 24.3 Å². The maximum Gasteiger partial charge on any atom is 0.349 e. The highest BCUT2D eigenvalue weighted by Gasteiger charge is 2.21. The molecule has 0 saturated heterocycles. The van der Waals surface area contributed by atoms with Crippen molar-refractivity contribution in [3.8, 4) is 5.75 Å². The monoisotopic (exact) mass is 286 g/mol. The van der Waals surface area contributed by atoms with Gasteiger partial charge in [-0.25, -0.2) is 4.79 Å². The lowest BCUT2D eigenvalue weighted by Crippen LogP contribution is -2.18. The molecule has 0 fully saturated rings. The molecule has 1 atom stereocenters. The van der Waals surface area contributed by atoms with E-state index in [-0.39, 0.29) is 7.43 Å². The van der Waals surface area contributed by atoms with Crippen LogP contribution in [0, 0.1) is 0 Å². The fraction of sp³-hybridized carbons (Fsp3) is 0.278. The number of ether oxygens (including phenoxy) is 1. The molecule has 0 spiro atoms. The van der Waals surface area contributed by atoms with Crippen molar-refractivity contribution in [2.24, 2.45) is 0 Å². The van der Waals surface area contributed by atoms with Crippen LogP contribution in [0.1, 0.15) is 44.4 Å². The van der Waals surface area contributed by atoms with Gasteiger partial charge in [-0.1, -0.05) is 63.7 Å². The van der Waals surface area contributed by atoms with Crippen LogP contribution in [-0.2, 0) is 4.79 Å². The smallest absolute Gasteiger partial charge is 0.349 e. The number of hydrogen-bond donors (Lipinski definition) is 1. The van der Waals surface area contributed by atoms with Crippen LogP contribution in [0.4, 0.5) is 0 Å². The molecule has 2 rings (SSSR count). The number of carboxylic acids is 1. The summed E-state index contributed by atoms with van der Waals surface area (Å²) in [6.07, 6.45) is -0.987. The first-order chi connectivity index (χ1) is 9.58. The van der Waals surface area contributed by atoms with Crippen LogP contribution < -0.4 is 4.74 Å². The molecule has 3 nitrogen and oxygen atoms in total. The minimum absolute atomic E-state index is 0. The van der Waals surface area contributed by atoms with E-state index >= 15 is 0 Å². The lowest BCUT2D eigenvalue weighted by Gasteiger charge is -2.16. The van der Waals surface area contributed by atoms with E-state index in [1.54, 1.807) is 30.3 Å². The molecule has 112 valence electrons. The predicted molar refractivity (Wildman–Crippen MR) is 84.7 cm³/mol. The van der Waals surface area contributed by atoms with Crippen molar-refractivity contribution >= 4 is 5.97 Å². The van der Waals surface area contributed by atoms with Gasteiger partial charge < -0.3 is 9.84 Å². The predicted octanol–water partition coefficient (Wildman–Crippen LogP) is 4.65. The van der Waals surface area contributed by atoms with E-state index in [1.165, 1.54) is 0 Å². The number of carboxylic acid groups (broad SMARTS) is 1. The Morgan fingerprint density at radius 1 is 1.00 bits per heavy atom. The highest BCUT2D eigenvalue weighted by atomic mass is 16.5. The molecule has 21 heavy (non-hydrogen) atoms. The largest absolute Gasteiger partial charge is 0.478 e. The summed E-state index contributed by atoms with van der Waals surface area (Å²) >= 11 is 0. The van der Waals surface area contributed by atoms with Gasteiger partial charge in [-0.2, -0.15) is 0 Å². The third kappa shape index (κ3) is 4.35. The Morgan fingerprint density at radius 2 is 1.62 bits per heavy atom. The van der Waals surface area contributed by atoms with Crippen molar-refractivity contribution in [3.05, 3.63) is 65.7 Å². The summed E-state index contributed by atoms with van der Waals surface area (Å²) in [5.74, 6) is -0.0443. The molecule has 0 aliphatic rings. The number of hydrogen-bond acceptors (Lipinski definition) is 2. The molecule has 0 saturated carbocycles. The number of aliphatic carboxylic acids is 1. The van der Waals surface area contributed by atoms with Crippen molar-refractivity contribution in [2.75, 3.05) is 0 Å². The Hall–Kier alpha value is -2.29. The Balaban J connectivity index is 0.00000220. The summed E-state index contributed by atoms with van der Waals surface area (Å²) in [4.78, 5) is 11.4. The fourth-order valence-electron chi connectivity index (χ4n) is 1.97. The zero-order valence-corrected chi connectivity index (χ0v) is 11.6. The van der Waals surface area contributed by atoms with E-state index in [4.69, 9.17) is 4.74 Å². The Bertz CT molecular complexity index is 576. The lowest BCUT2D eigenvalue weighted by molar-refractivity contribution is -0.145. The molecule has 0 aromatic heterocycles. The quantitative estimate of drug-likeness (QED) is 0.870. The summed E-state index contributed by atoms with van der Waals surface area (Å²) in [5.41, 5.74) is 1.76. The van der Waals surface area contributed by atoms with E-state index in [9.17, 15) is 9.90 Å². The summed E-state index contributed by atoms with van der Waals surface area (Å²) < 4.78 is 5.65. The standard InChI is InChI=1S/C17H18O3.CH4/c1-12(2)14-9-6-10-15(11-14)20-16(17(18)19)13-7-4-3-5-8-13;/h3-12,16H,1-2H3,(H,18,19);1H4. The van der Waals surface area contributed by atoms with Gasteiger partial charge in [0.05, 0.1) is 0 Å². The zero-order valence-electron chi connectivity index (χ0n) is 11.6. The minimum Gasteiger partial charge on any atom is -0.478 e. The lowest BCUT2D eigenvalue weighted by atomic mass is 10.0. The van der Waals surface area contributed by atoms with Crippen molar-refractivity contribution in [2.45, 2.75) is 33.3 Å². The highest BCUT2D eigenvalue weighted by molar-refractivity contribution is 5.74. The molecule has 2 aromatic carbocycles. The van der Waals surface area contributed by atoms with E-state index < -0.39 is 12.1 Å². The molecule has 0 amide bonds. The second kappa shape index (κ2) is 7.48. The Kier molecular flexibility index (Phi) is 5.97. The normalized spacial score (nSPS) is 11.6. The topological polar surface area (TPSA) is 46.5 Å². The van der Waals surface area contributed by atoms with Crippen molar-refractivity contribution in [1.29, 1.82) is 0 Å². The second-order valence-electron chi connectivity index (χ2n) is 4.97. The summed E-state index contributed by atoms with van der Waals surface area (Å²) in [6, 6.07) is 16.5. The number of benzene rings is 2. The van der Waals surface area contributed by atoms with Crippen LogP contribution in [0.3, 0.4) is 0 Å². The average molecular weight is 286 g/mol. The van der Waals surface area contributed by atoms with Crippen LogP contribution in [0.15, 0.2) is 54.6 Å². The molecule has 0 bridgehead atoms. The molecule has 0 aliphatic carbocycles. The van der Waals surface area contributed by atoms with Gasteiger partial charge in [0.25, 0.3) is 0 Å². The van der Waals surface area contributed by atoms with Gasteiger partial charge in [-0.15, -0.1) is 0 Å². The number of carbonyl (C=O) groups is 1. The third-order valence-electron chi connectivity index (χ3n) is 3.11. The first kappa shape index (κ1) is 16.8. The molecule has 0 aliphatic heterocycles. The van der Waals surface area contributed by atoms with Crippen LogP contribution >= 0.6 is 0 Å². The SMILES string of the molecule is C.CC(C)c1cccc(OC(C(=O)O)c2ccccc2)c1. The number of rotatable bonds is 5. The molecule has 0 heterocycles. The first-order valence-electron chi connectivity index (χ1n) is 6.62. The van der Waals surface area contributed by atoms with Crippen LogP contribution in [0.25, 0.3) is 0 Å². The van der Waals surface area contributed by atoms with Crippen LogP contribution in [0.2, 0.25) is 0 Å². The fourth-order valence-corrected chi connectivity index (χ4v) is 1.97. The Labute approximate surface area is 126 Å². The zero-order chi connectivity index (χ0) is 14.5. The van der Waals surface area contributed by atoms with Crippen molar-refractivity contribution < 1.29 is 14.6 Å². The minimum atomic E-state index is -0.994. The van der Waals surface area contributed by atoms with Gasteiger partial charge in [-0.3, -0.25) is 0 Å². The average Bonchev–Trinajstić information content (AvgIpc) is 2.45. The molecular formula is C18H22O3. The summed E-state index contributed by atoms with van der Waals surface area (Å²) in [7, 11) is 0. The van der Waals surface area contributed by atoms with Gasteiger partial charge in [0, 0.05) is 5.56 Å². The van der Waals surface area contributed by atoms with Gasteiger partial charge in [0.2, 0.25) is 6.10 Å². The third-order valence-corrected chi connectivity index (χ3v) is 3.11. The molecule has 3 heteroatoms. The molecule has 1 unspecified atom stereocenters. The van der Waals surface area contributed by atoms with Gasteiger partial charge >= 0.3 is 5.97 Å². The molecule has 0 radical (unpaired) electrons. The van der Waals surface area contributed by atoms with E-state index in [0.717, 1.165) is 5.56 Å². The van der Waals surface area contributed by atoms with Crippen LogP contribution in [-0.4, -0.2) is 11.1 Å². The van der Waals surface area contributed by atoms with Crippen molar-refractivity contribution in [1.82, 2.24) is 0 Å². The maximum absolute atomic E-state index is 11.4. The first-order valence-corrected chi connectivity index (χ1v) is 6.62. The van der Waals surface area contributed by atoms with Gasteiger partial charge in [-0.05, 0) is 23.6 Å². The second-order valence-corrected chi connectivity index (χ2v) is 4.97. The van der Waals surface area contributed by atoms with Gasteiger partial charge in [0.1, 0.15) is 5.75 Å². The highest BCUT2D eigenvalue weighted by Crippen LogP contribution is 2.25. The molecular weight excluding hydrogens is 264 g/mol. The summed E-state index contributed by atoms with van der Waals surface area (Å²) in [5, 5.41) is 9.34. The van der Waals surface area contributed by atoms with Crippen molar-refractivity contribution in [3.63, 3.8) is 0 Å². The van der Waals surface area contributed by atoms with E-state index in [2.05, 4.69) is 13.8 Å². The molecule has 1 N–H and O–H groups in total. The Morgan fingerprint density at radius 3 is 2.19 bits per heavy atom.